The first-order valence-corrected chi connectivity index (χ1v) is 8.98. The van der Waals surface area contributed by atoms with Gasteiger partial charge >= 0.3 is 5.97 Å². The van der Waals surface area contributed by atoms with Gasteiger partial charge in [0.1, 0.15) is 0 Å². The third-order valence-electron chi connectivity index (χ3n) is 4.85. The summed E-state index contributed by atoms with van der Waals surface area (Å²) >= 11 is 0. The number of rotatable bonds is 4. The molecule has 0 saturated heterocycles. The molecule has 2 aromatic carbocycles. The lowest BCUT2D eigenvalue weighted by Crippen LogP contribution is -2.17. The number of nitrogens with zero attached hydrogens (tertiary/aromatic N) is 1. The van der Waals surface area contributed by atoms with Crippen LogP contribution in [0.2, 0.25) is 0 Å². The van der Waals surface area contributed by atoms with Crippen LogP contribution < -0.4 is 0 Å². The fourth-order valence-corrected chi connectivity index (χ4v) is 3.45. The van der Waals surface area contributed by atoms with Gasteiger partial charge in [0, 0.05) is 22.7 Å². The number of fused-ring (bicyclic) bond motifs is 1. The molecule has 0 fully saturated rings. The van der Waals surface area contributed by atoms with E-state index < -0.39 is 46.8 Å². The van der Waals surface area contributed by atoms with Gasteiger partial charge in [-0.3, -0.25) is 14.2 Å². The zero-order valence-corrected chi connectivity index (χ0v) is 16.2. The molecule has 1 N–H and O–H groups in total. The first kappa shape index (κ1) is 21.4. The van der Waals surface area contributed by atoms with Crippen LogP contribution in [0.1, 0.15) is 41.4 Å². The van der Waals surface area contributed by atoms with E-state index in [4.69, 9.17) is 4.74 Å². The lowest BCUT2D eigenvalue weighted by molar-refractivity contribution is -0.144. The van der Waals surface area contributed by atoms with Gasteiger partial charge in [-0.05, 0) is 44.5 Å². The van der Waals surface area contributed by atoms with Crippen molar-refractivity contribution in [1.29, 1.82) is 0 Å². The molecule has 0 bridgehead atoms. The Bertz CT molecular complexity index is 1190. The number of halogens is 4. The van der Waals surface area contributed by atoms with Crippen LogP contribution in [0.25, 0.3) is 10.9 Å². The van der Waals surface area contributed by atoms with E-state index in [-0.39, 0.29) is 34.3 Å². The average Bonchev–Trinajstić information content (AvgIpc) is 2.99. The number of carbonyl (C=O) groups is 2. The minimum absolute atomic E-state index is 0.00665. The maximum Gasteiger partial charge on any atom is 0.313 e. The Hall–Kier alpha value is -3.36. The Morgan fingerprint density at radius 3 is 2.37 bits per heavy atom. The molecule has 0 aliphatic rings. The zero-order chi connectivity index (χ0) is 22.3. The third kappa shape index (κ3) is 3.30. The number of hydrogen-bond donors (Lipinski definition) is 1. The Morgan fingerprint density at radius 1 is 1.10 bits per heavy atom. The summed E-state index contributed by atoms with van der Waals surface area (Å²) in [6, 6.07) is 3.16. The molecule has 1 aromatic heterocycles. The highest BCUT2D eigenvalue weighted by atomic mass is 19.2. The predicted octanol–water partition coefficient (Wildman–Crippen LogP) is 4.57. The minimum Gasteiger partial charge on any atom is -0.503 e. The molecule has 9 heteroatoms. The molecule has 0 spiro atoms. The monoisotopic (exact) mass is 423 g/mol. The van der Waals surface area contributed by atoms with Crippen molar-refractivity contribution in [3.63, 3.8) is 0 Å². The van der Waals surface area contributed by atoms with Crippen molar-refractivity contribution in [2.45, 2.75) is 26.7 Å². The molecule has 3 aromatic rings. The third-order valence-corrected chi connectivity index (χ3v) is 4.85. The van der Waals surface area contributed by atoms with Crippen LogP contribution in [0.5, 0.6) is 5.75 Å². The molecule has 0 saturated carbocycles. The maximum absolute atomic E-state index is 14.8. The molecule has 30 heavy (non-hydrogen) atoms. The molecular formula is C21H17F4NO4. The Balaban J connectivity index is 2.34. The number of phenolic OH excluding ortho intramolecular Hbond substituents is 1. The first-order chi connectivity index (χ1) is 14.1. The summed E-state index contributed by atoms with van der Waals surface area (Å²) in [6.45, 7) is 4.43. The van der Waals surface area contributed by atoms with Crippen molar-refractivity contribution in [1.82, 2.24) is 4.57 Å². The van der Waals surface area contributed by atoms with Gasteiger partial charge in [0.2, 0.25) is 0 Å². The van der Waals surface area contributed by atoms with E-state index in [0.29, 0.717) is 6.07 Å². The molecule has 0 amide bonds. The van der Waals surface area contributed by atoms with E-state index in [9.17, 15) is 32.3 Å². The molecular weight excluding hydrogens is 406 g/mol. The number of aromatic nitrogens is 1. The van der Waals surface area contributed by atoms with Crippen molar-refractivity contribution < 1.29 is 37.0 Å². The molecule has 0 aliphatic carbocycles. The number of ether oxygens (including phenoxy) is 1. The van der Waals surface area contributed by atoms with E-state index in [0.717, 1.165) is 22.8 Å². The molecule has 0 aliphatic heterocycles. The number of benzene rings is 2. The van der Waals surface area contributed by atoms with Gasteiger partial charge in [0.05, 0.1) is 18.0 Å². The topological polar surface area (TPSA) is 68.5 Å². The van der Waals surface area contributed by atoms with Crippen LogP contribution in [0, 0.1) is 30.2 Å². The van der Waals surface area contributed by atoms with Crippen LogP contribution in [0.15, 0.2) is 24.3 Å². The first-order valence-electron chi connectivity index (χ1n) is 8.98. The number of hydrogen-bond acceptors (Lipinski definition) is 4. The van der Waals surface area contributed by atoms with E-state index >= 15 is 0 Å². The molecule has 0 radical (unpaired) electrons. The number of aromatic hydroxyl groups is 1. The largest absolute Gasteiger partial charge is 0.503 e. The Labute approximate surface area is 168 Å². The van der Waals surface area contributed by atoms with Gasteiger partial charge in [-0.25, -0.2) is 17.6 Å². The van der Waals surface area contributed by atoms with Crippen LogP contribution in [-0.2, 0) is 9.53 Å². The average molecular weight is 423 g/mol. The molecule has 1 unspecified atom stereocenters. The summed E-state index contributed by atoms with van der Waals surface area (Å²) in [6.07, 6.45) is 0. The second-order valence-electron chi connectivity index (χ2n) is 6.66. The Morgan fingerprint density at radius 2 is 1.77 bits per heavy atom. The summed E-state index contributed by atoms with van der Waals surface area (Å²) < 4.78 is 61.6. The maximum atomic E-state index is 14.8. The quantitative estimate of drug-likeness (QED) is 0.493. The van der Waals surface area contributed by atoms with Gasteiger partial charge in [0.15, 0.2) is 29.0 Å². The van der Waals surface area contributed by atoms with Crippen LogP contribution in [0.4, 0.5) is 17.6 Å². The second-order valence-corrected chi connectivity index (χ2v) is 6.66. The van der Waals surface area contributed by atoms with Gasteiger partial charge in [-0.1, -0.05) is 0 Å². The highest BCUT2D eigenvalue weighted by Gasteiger charge is 2.31. The smallest absolute Gasteiger partial charge is 0.313 e. The lowest BCUT2D eigenvalue weighted by Gasteiger charge is -2.12. The summed E-state index contributed by atoms with van der Waals surface area (Å²) in [5.74, 6) is -9.07. The minimum atomic E-state index is -1.35. The highest BCUT2D eigenvalue weighted by molar-refractivity contribution is 6.05. The number of esters is 1. The molecule has 3 rings (SSSR count). The van der Waals surface area contributed by atoms with E-state index in [1.807, 2.05) is 0 Å². The molecule has 1 atom stereocenters. The second kappa shape index (κ2) is 7.81. The fourth-order valence-electron chi connectivity index (χ4n) is 3.45. The standard InChI is InChI=1S/C21H17F4NO4/c1-4-30-21(29)9(2)16-10(3)26(15-8-14(24)19(27)18(25)17(15)16)20(28)11-5-6-12(22)13(23)7-11/h5-9,27H,4H2,1-3H3. The van der Waals surface area contributed by atoms with Crippen molar-refractivity contribution in [3.8, 4) is 5.75 Å². The van der Waals surface area contributed by atoms with Crippen molar-refractivity contribution in [2.75, 3.05) is 6.61 Å². The van der Waals surface area contributed by atoms with E-state index in [1.54, 1.807) is 6.92 Å². The van der Waals surface area contributed by atoms with E-state index in [1.165, 1.54) is 13.8 Å². The molecule has 5 nitrogen and oxygen atoms in total. The lowest BCUT2D eigenvalue weighted by atomic mass is 9.97. The van der Waals surface area contributed by atoms with Crippen LogP contribution in [0.3, 0.4) is 0 Å². The summed E-state index contributed by atoms with van der Waals surface area (Å²) in [7, 11) is 0. The van der Waals surface area contributed by atoms with Gasteiger partial charge in [-0.2, -0.15) is 0 Å². The van der Waals surface area contributed by atoms with E-state index in [2.05, 4.69) is 0 Å². The van der Waals surface area contributed by atoms with Gasteiger partial charge < -0.3 is 9.84 Å². The summed E-state index contributed by atoms with van der Waals surface area (Å²) in [4.78, 5) is 25.3. The normalized spacial score (nSPS) is 12.2. The van der Waals surface area contributed by atoms with Gasteiger partial charge in [-0.15, -0.1) is 0 Å². The van der Waals surface area contributed by atoms with Gasteiger partial charge in [0.25, 0.3) is 5.91 Å². The van der Waals surface area contributed by atoms with Crippen LogP contribution in [-0.4, -0.2) is 28.2 Å². The predicted molar refractivity (Wildman–Crippen MR) is 99.4 cm³/mol. The SMILES string of the molecule is CCOC(=O)C(C)c1c(C)n(C(=O)c2ccc(F)c(F)c2)c2cc(F)c(O)c(F)c12. The molecule has 1 heterocycles. The zero-order valence-electron chi connectivity index (χ0n) is 16.2. The summed E-state index contributed by atoms with van der Waals surface area (Å²) in [5.41, 5.74) is -0.490. The molecule has 158 valence electrons. The fraction of sp³-hybridized carbons (Fsp3) is 0.238. The van der Waals surface area contributed by atoms with Crippen molar-refractivity contribution >= 4 is 22.8 Å². The Kier molecular flexibility index (Phi) is 5.56. The highest BCUT2D eigenvalue weighted by Crippen LogP contribution is 2.39. The van der Waals surface area contributed by atoms with Crippen LogP contribution >= 0.6 is 0 Å². The summed E-state index contributed by atoms with van der Waals surface area (Å²) in [5, 5.41) is 9.38. The van der Waals surface area contributed by atoms with Crippen molar-refractivity contribution in [2.24, 2.45) is 0 Å². The number of carbonyl (C=O) groups excluding carboxylic acids is 2. The number of phenols is 1. The van der Waals surface area contributed by atoms with Crippen molar-refractivity contribution in [3.05, 3.63) is 64.4 Å².